The number of aromatic nitrogens is 1. The first kappa shape index (κ1) is 19.7. The summed E-state index contributed by atoms with van der Waals surface area (Å²) >= 11 is 1.85. The van der Waals surface area contributed by atoms with Crippen molar-refractivity contribution in [2.45, 2.75) is 45.6 Å². The van der Waals surface area contributed by atoms with Gasteiger partial charge in [0.2, 0.25) is 0 Å². The van der Waals surface area contributed by atoms with Crippen molar-refractivity contribution in [2.24, 2.45) is 22.5 Å². The highest BCUT2D eigenvalue weighted by Crippen LogP contribution is 2.36. The molecule has 0 amide bonds. The average Bonchev–Trinajstić information content (AvgIpc) is 3.31. The van der Waals surface area contributed by atoms with Crippen LogP contribution < -0.4 is 16.9 Å². The van der Waals surface area contributed by atoms with Crippen molar-refractivity contribution in [1.82, 2.24) is 15.3 Å². The summed E-state index contributed by atoms with van der Waals surface area (Å²) in [4.78, 5) is 10.1. The van der Waals surface area contributed by atoms with Gasteiger partial charge in [0.15, 0.2) is 0 Å². The number of rotatable bonds is 3. The second-order valence-electron chi connectivity index (χ2n) is 7.07. The number of H-pyrrole nitrogens is 1. The molecule has 0 radical (unpaired) electrons. The lowest BCUT2D eigenvalue weighted by molar-refractivity contribution is 0.397. The van der Waals surface area contributed by atoms with Crippen LogP contribution in [0.25, 0.3) is 5.70 Å². The Labute approximate surface area is 165 Å². The summed E-state index contributed by atoms with van der Waals surface area (Å²) in [5.74, 6) is 7.28. The normalized spacial score (nSPS) is 18.7. The van der Waals surface area contributed by atoms with Crippen molar-refractivity contribution in [3.05, 3.63) is 45.4 Å². The Morgan fingerprint density at radius 3 is 2.74 bits per heavy atom. The zero-order valence-electron chi connectivity index (χ0n) is 16.2. The van der Waals surface area contributed by atoms with E-state index in [1.54, 1.807) is 11.3 Å². The van der Waals surface area contributed by atoms with Gasteiger partial charge in [-0.05, 0) is 45.0 Å². The zero-order chi connectivity index (χ0) is 19.2. The van der Waals surface area contributed by atoms with Gasteiger partial charge in [-0.3, -0.25) is 5.01 Å². The van der Waals surface area contributed by atoms with Crippen molar-refractivity contribution in [3.63, 3.8) is 0 Å². The van der Waals surface area contributed by atoms with Gasteiger partial charge < -0.3 is 16.0 Å². The van der Waals surface area contributed by atoms with Gasteiger partial charge in [-0.15, -0.1) is 11.3 Å². The molecule has 3 heterocycles. The second kappa shape index (κ2) is 9.21. The monoisotopic (exact) mass is 386 g/mol. The molecular weight excluding hydrogens is 356 g/mol. The second-order valence-corrected chi connectivity index (χ2v) is 8.45. The fourth-order valence-corrected chi connectivity index (χ4v) is 4.54. The van der Waals surface area contributed by atoms with Crippen LogP contribution in [0.5, 0.6) is 0 Å². The fourth-order valence-electron chi connectivity index (χ4n) is 3.64. The van der Waals surface area contributed by atoms with E-state index in [0.717, 1.165) is 29.3 Å². The lowest BCUT2D eigenvalue weighted by atomic mass is 9.85. The minimum absolute atomic E-state index is 0.453. The van der Waals surface area contributed by atoms with E-state index in [1.165, 1.54) is 41.9 Å². The van der Waals surface area contributed by atoms with Crippen LogP contribution in [0.15, 0.2) is 35.1 Å². The number of nitrogens with zero attached hydrogens (tertiary/aromatic N) is 2. The molecule has 0 saturated heterocycles. The summed E-state index contributed by atoms with van der Waals surface area (Å²) in [7, 11) is 1.97. The number of hydrogen-bond acceptors (Lipinski definition) is 6. The molecule has 0 atom stereocenters. The molecule has 1 saturated carbocycles. The quantitative estimate of drug-likeness (QED) is 0.603. The summed E-state index contributed by atoms with van der Waals surface area (Å²) in [5, 5.41) is 4.65. The van der Waals surface area contributed by atoms with E-state index in [2.05, 4.69) is 34.3 Å². The molecule has 1 aliphatic carbocycles. The lowest BCUT2D eigenvalue weighted by Crippen LogP contribution is -2.33. The van der Waals surface area contributed by atoms with E-state index in [9.17, 15) is 0 Å². The lowest BCUT2D eigenvalue weighted by Gasteiger charge is -2.28. The van der Waals surface area contributed by atoms with Crippen LogP contribution in [0.3, 0.4) is 0 Å². The highest BCUT2D eigenvalue weighted by Gasteiger charge is 2.25. The Kier molecular flexibility index (Phi) is 6.71. The van der Waals surface area contributed by atoms with Gasteiger partial charge in [0.25, 0.3) is 0 Å². The first-order chi connectivity index (χ1) is 13.1. The SMILES string of the molecule is CNCc1ccc(C)s1.N/C(=C1/c2cc[nH]c2N=CN1N)C1CCCCC1. The van der Waals surface area contributed by atoms with E-state index >= 15 is 0 Å². The molecular formula is C20H30N6S. The maximum Gasteiger partial charge on any atom is 0.141 e. The van der Waals surface area contributed by atoms with Crippen LogP contribution in [0.4, 0.5) is 5.82 Å². The third kappa shape index (κ3) is 4.80. The van der Waals surface area contributed by atoms with Crippen LogP contribution in [0.1, 0.15) is 47.4 Å². The molecule has 0 unspecified atom stereocenters. The molecule has 6 nitrogen and oxygen atoms in total. The minimum atomic E-state index is 0.453. The number of fused-ring (bicyclic) bond motifs is 1. The van der Waals surface area contributed by atoms with Gasteiger partial charge in [-0.25, -0.2) is 10.8 Å². The predicted molar refractivity (Wildman–Crippen MR) is 114 cm³/mol. The Balaban J connectivity index is 0.000000197. The first-order valence-corrected chi connectivity index (χ1v) is 10.4. The third-order valence-electron chi connectivity index (χ3n) is 5.02. The van der Waals surface area contributed by atoms with Crippen molar-refractivity contribution >= 4 is 29.2 Å². The first-order valence-electron chi connectivity index (χ1n) is 9.55. The summed E-state index contributed by atoms with van der Waals surface area (Å²) < 4.78 is 0. The minimum Gasteiger partial charge on any atom is -0.400 e. The Bertz CT molecular complexity index is 797. The highest BCUT2D eigenvalue weighted by molar-refractivity contribution is 7.11. The summed E-state index contributed by atoms with van der Waals surface area (Å²) in [5.41, 5.74) is 9.19. The van der Waals surface area contributed by atoms with Gasteiger partial charge in [0.1, 0.15) is 12.2 Å². The van der Waals surface area contributed by atoms with Gasteiger partial charge in [0, 0.05) is 39.7 Å². The smallest absolute Gasteiger partial charge is 0.141 e. The standard InChI is InChI=1S/C13H19N5.C7H11NS/c14-11(9-4-2-1-3-5-9)12-10-6-7-16-13(10)17-8-18(12)15;1-6-3-4-7(9-6)5-8-2/h6-9,16H,1-5,14-15H2;3-4,8H,5H2,1-2H3/b12-11-;. The van der Waals surface area contributed by atoms with Crippen LogP contribution in [-0.2, 0) is 6.54 Å². The number of aryl methyl sites for hydroxylation is 1. The Morgan fingerprint density at radius 1 is 1.30 bits per heavy atom. The number of aromatic amines is 1. The van der Waals surface area contributed by atoms with Crippen molar-refractivity contribution in [1.29, 1.82) is 0 Å². The molecule has 27 heavy (non-hydrogen) atoms. The Morgan fingerprint density at radius 2 is 2.07 bits per heavy atom. The molecule has 0 bridgehead atoms. The number of nitrogens with one attached hydrogen (secondary N) is 2. The molecule has 7 heteroatoms. The van der Waals surface area contributed by atoms with E-state index in [1.807, 2.05) is 30.6 Å². The third-order valence-corrected chi connectivity index (χ3v) is 6.02. The van der Waals surface area contributed by atoms with Crippen molar-refractivity contribution in [3.8, 4) is 0 Å². The molecule has 2 aromatic heterocycles. The molecule has 4 rings (SSSR count). The maximum atomic E-state index is 6.37. The summed E-state index contributed by atoms with van der Waals surface area (Å²) in [6.07, 6.45) is 9.66. The summed E-state index contributed by atoms with van der Waals surface area (Å²) in [6, 6.07) is 6.30. The van der Waals surface area contributed by atoms with Gasteiger partial charge in [0.05, 0.1) is 5.70 Å². The van der Waals surface area contributed by atoms with Gasteiger partial charge in [-0.1, -0.05) is 19.3 Å². The number of hydrogen-bond donors (Lipinski definition) is 4. The molecule has 0 aromatic carbocycles. The summed E-state index contributed by atoms with van der Waals surface area (Å²) in [6.45, 7) is 3.13. The van der Waals surface area contributed by atoms with E-state index in [0.29, 0.717) is 5.92 Å². The Hall–Kier alpha value is -2.09. The van der Waals surface area contributed by atoms with Crippen molar-refractivity contribution < 1.29 is 0 Å². The van der Waals surface area contributed by atoms with E-state index in [4.69, 9.17) is 11.6 Å². The largest absolute Gasteiger partial charge is 0.400 e. The van der Waals surface area contributed by atoms with Crippen molar-refractivity contribution in [2.75, 3.05) is 7.05 Å². The number of nitrogens with two attached hydrogens (primary N) is 2. The molecule has 146 valence electrons. The fraction of sp³-hybridized carbons (Fsp3) is 0.450. The highest BCUT2D eigenvalue weighted by atomic mass is 32.1. The van der Waals surface area contributed by atoms with Crippen LogP contribution in [-0.4, -0.2) is 23.4 Å². The maximum absolute atomic E-state index is 6.37. The van der Waals surface area contributed by atoms with Crippen LogP contribution in [0, 0.1) is 12.8 Å². The number of aliphatic imine (C=N–C) groups is 1. The molecule has 6 N–H and O–H groups in total. The molecule has 1 aliphatic heterocycles. The molecule has 2 aliphatic rings. The van der Waals surface area contributed by atoms with Gasteiger partial charge >= 0.3 is 0 Å². The van der Waals surface area contributed by atoms with E-state index < -0.39 is 0 Å². The zero-order valence-corrected chi connectivity index (χ0v) is 17.0. The number of thiophene rings is 1. The van der Waals surface area contributed by atoms with E-state index in [-0.39, 0.29) is 0 Å². The van der Waals surface area contributed by atoms with Gasteiger partial charge in [-0.2, -0.15) is 0 Å². The van der Waals surface area contributed by atoms with Crippen LogP contribution >= 0.6 is 11.3 Å². The average molecular weight is 387 g/mol. The predicted octanol–water partition coefficient (Wildman–Crippen LogP) is 3.85. The molecule has 2 aromatic rings. The number of allylic oxidation sites excluding steroid dienone is 1. The topological polar surface area (TPSA) is 95.5 Å². The number of hydrazine groups is 1. The molecule has 1 fully saturated rings. The van der Waals surface area contributed by atoms with Crippen LogP contribution in [0.2, 0.25) is 0 Å². The molecule has 0 spiro atoms.